The second-order valence-electron chi connectivity index (χ2n) is 6.42. The van der Waals surface area contributed by atoms with Crippen molar-refractivity contribution in [3.63, 3.8) is 0 Å². The summed E-state index contributed by atoms with van der Waals surface area (Å²) in [6.45, 7) is 0. The molecular formula is C21H18N4OS. The molecule has 0 aliphatic carbocycles. The third-order valence-electron chi connectivity index (χ3n) is 4.31. The maximum atomic E-state index is 12.1. The minimum absolute atomic E-state index is 0.0212. The fraction of sp³-hybridized carbons (Fsp3) is 0.0952. The van der Waals surface area contributed by atoms with E-state index in [2.05, 4.69) is 9.97 Å². The van der Waals surface area contributed by atoms with Crippen molar-refractivity contribution in [3.8, 4) is 21.7 Å². The molecule has 0 unspecified atom stereocenters. The van der Waals surface area contributed by atoms with Gasteiger partial charge in [-0.05, 0) is 35.9 Å². The van der Waals surface area contributed by atoms with Gasteiger partial charge in [-0.2, -0.15) is 0 Å². The fourth-order valence-electron chi connectivity index (χ4n) is 2.86. The lowest BCUT2D eigenvalue weighted by Crippen LogP contribution is -2.21. The number of benzene rings is 2. The first-order chi connectivity index (χ1) is 13.0. The van der Waals surface area contributed by atoms with Crippen molar-refractivity contribution in [3.05, 3.63) is 66.4 Å². The van der Waals surface area contributed by atoms with Crippen LogP contribution in [0, 0.1) is 0 Å². The third kappa shape index (κ3) is 3.27. The molecular weight excluding hydrogens is 356 g/mol. The lowest BCUT2D eigenvalue weighted by Gasteiger charge is -2.11. The van der Waals surface area contributed by atoms with Crippen LogP contribution in [0.1, 0.15) is 10.4 Å². The molecule has 2 N–H and O–H groups in total. The van der Waals surface area contributed by atoms with Crippen LogP contribution < -0.4 is 5.73 Å². The van der Waals surface area contributed by atoms with E-state index < -0.39 is 0 Å². The van der Waals surface area contributed by atoms with Crippen molar-refractivity contribution >= 4 is 33.3 Å². The Morgan fingerprint density at radius 2 is 1.78 bits per heavy atom. The van der Waals surface area contributed by atoms with Crippen molar-refractivity contribution < 1.29 is 4.79 Å². The van der Waals surface area contributed by atoms with E-state index in [1.807, 2.05) is 54.6 Å². The van der Waals surface area contributed by atoms with Gasteiger partial charge in [0.15, 0.2) is 0 Å². The Hall–Kier alpha value is -3.25. The first-order valence-electron chi connectivity index (χ1n) is 8.46. The van der Waals surface area contributed by atoms with Gasteiger partial charge in [-0.1, -0.05) is 24.3 Å². The topological polar surface area (TPSA) is 72.1 Å². The number of anilines is 1. The number of aromatic nitrogens is 2. The van der Waals surface area contributed by atoms with Gasteiger partial charge in [0.05, 0.1) is 15.8 Å². The predicted molar refractivity (Wildman–Crippen MR) is 111 cm³/mol. The second-order valence-corrected chi connectivity index (χ2v) is 7.45. The Morgan fingerprint density at radius 3 is 2.48 bits per heavy atom. The zero-order valence-electron chi connectivity index (χ0n) is 15.0. The molecule has 5 nitrogen and oxygen atoms in total. The average Bonchev–Trinajstić information content (AvgIpc) is 3.12. The van der Waals surface area contributed by atoms with Gasteiger partial charge in [0.1, 0.15) is 10.8 Å². The second kappa shape index (κ2) is 6.81. The SMILES string of the molecule is CN(C)C(=O)c1ccc(-c2cnc(N)c(-c3nc4ccccc4s3)c2)cc1. The average molecular weight is 374 g/mol. The van der Waals surface area contributed by atoms with Crippen LogP contribution in [-0.4, -0.2) is 34.9 Å². The summed E-state index contributed by atoms with van der Waals surface area (Å²) < 4.78 is 1.11. The monoisotopic (exact) mass is 374 g/mol. The first kappa shape index (κ1) is 17.2. The molecule has 2 aromatic carbocycles. The highest BCUT2D eigenvalue weighted by Crippen LogP contribution is 2.34. The molecule has 0 fully saturated rings. The van der Waals surface area contributed by atoms with Crippen LogP contribution in [0.5, 0.6) is 0 Å². The molecule has 27 heavy (non-hydrogen) atoms. The van der Waals surface area contributed by atoms with Gasteiger partial charge in [0.2, 0.25) is 0 Å². The van der Waals surface area contributed by atoms with E-state index in [0.717, 1.165) is 31.9 Å². The predicted octanol–water partition coefficient (Wildman–Crippen LogP) is 4.31. The lowest BCUT2D eigenvalue weighted by molar-refractivity contribution is 0.0827. The number of nitrogen functional groups attached to an aromatic ring is 1. The molecule has 4 rings (SSSR count). The minimum atomic E-state index is -0.0212. The summed E-state index contributed by atoms with van der Waals surface area (Å²) in [5, 5.41) is 0.849. The molecule has 0 atom stereocenters. The molecule has 0 bridgehead atoms. The summed E-state index contributed by atoms with van der Waals surface area (Å²) in [6, 6.07) is 17.5. The molecule has 0 saturated heterocycles. The normalized spacial score (nSPS) is 10.9. The van der Waals surface area contributed by atoms with E-state index in [9.17, 15) is 4.79 Å². The number of carbonyl (C=O) groups is 1. The van der Waals surface area contributed by atoms with Crippen LogP contribution >= 0.6 is 11.3 Å². The molecule has 2 aromatic heterocycles. The summed E-state index contributed by atoms with van der Waals surface area (Å²) in [5.41, 5.74) is 10.5. The molecule has 0 spiro atoms. The van der Waals surface area contributed by atoms with Gasteiger partial charge in [0.25, 0.3) is 5.91 Å². The highest BCUT2D eigenvalue weighted by Gasteiger charge is 2.13. The van der Waals surface area contributed by atoms with Crippen LogP contribution in [-0.2, 0) is 0 Å². The standard InChI is InChI=1S/C21H18N4OS/c1-25(2)21(26)14-9-7-13(8-10-14)15-11-16(19(22)23-12-15)20-24-17-5-3-4-6-18(17)27-20/h3-12H,1-2H3,(H2,22,23). The maximum absolute atomic E-state index is 12.1. The number of amides is 1. The zero-order valence-corrected chi connectivity index (χ0v) is 15.8. The van der Waals surface area contributed by atoms with Crippen LogP contribution in [0.3, 0.4) is 0 Å². The fourth-order valence-corrected chi connectivity index (χ4v) is 3.85. The van der Waals surface area contributed by atoms with E-state index in [-0.39, 0.29) is 5.91 Å². The van der Waals surface area contributed by atoms with E-state index >= 15 is 0 Å². The number of nitrogens with zero attached hydrogens (tertiary/aromatic N) is 3. The van der Waals surface area contributed by atoms with Crippen molar-refractivity contribution in [2.75, 3.05) is 19.8 Å². The van der Waals surface area contributed by atoms with E-state index in [1.54, 1.807) is 36.5 Å². The van der Waals surface area contributed by atoms with Crippen LogP contribution in [0.2, 0.25) is 0 Å². The lowest BCUT2D eigenvalue weighted by atomic mass is 10.0. The number of hydrogen-bond donors (Lipinski definition) is 1. The minimum Gasteiger partial charge on any atom is -0.383 e. The number of fused-ring (bicyclic) bond motifs is 1. The summed E-state index contributed by atoms with van der Waals surface area (Å²) in [5.74, 6) is 0.435. The van der Waals surface area contributed by atoms with Gasteiger partial charge in [-0.25, -0.2) is 9.97 Å². The third-order valence-corrected chi connectivity index (χ3v) is 5.38. The van der Waals surface area contributed by atoms with Crippen LogP contribution in [0.25, 0.3) is 31.9 Å². The molecule has 0 aliphatic heterocycles. The Labute approximate surface area is 161 Å². The largest absolute Gasteiger partial charge is 0.383 e. The van der Waals surface area contributed by atoms with Gasteiger partial charge in [0, 0.05) is 31.4 Å². The zero-order chi connectivity index (χ0) is 19.0. The molecule has 0 radical (unpaired) electrons. The number of carbonyl (C=O) groups excluding carboxylic acids is 1. The summed E-state index contributed by atoms with van der Waals surface area (Å²) >= 11 is 1.60. The summed E-state index contributed by atoms with van der Waals surface area (Å²) in [6.07, 6.45) is 1.74. The molecule has 1 amide bonds. The Kier molecular flexibility index (Phi) is 4.33. The highest BCUT2D eigenvalue weighted by molar-refractivity contribution is 7.21. The first-order valence-corrected chi connectivity index (χ1v) is 9.28. The number of thiazole rings is 1. The van der Waals surface area contributed by atoms with E-state index in [1.165, 1.54) is 0 Å². The molecule has 0 saturated carbocycles. The Morgan fingerprint density at radius 1 is 1.04 bits per heavy atom. The summed E-state index contributed by atoms with van der Waals surface area (Å²) in [4.78, 5) is 22.7. The molecule has 6 heteroatoms. The number of para-hydroxylation sites is 1. The van der Waals surface area contributed by atoms with Crippen LogP contribution in [0.15, 0.2) is 60.8 Å². The van der Waals surface area contributed by atoms with Gasteiger partial charge in [-0.15, -0.1) is 11.3 Å². The smallest absolute Gasteiger partial charge is 0.253 e. The van der Waals surface area contributed by atoms with Gasteiger partial charge < -0.3 is 10.6 Å². The van der Waals surface area contributed by atoms with Crippen molar-refractivity contribution in [1.82, 2.24) is 14.9 Å². The number of rotatable bonds is 3. The van der Waals surface area contributed by atoms with Crippen molar-refractivity contribution in [2.24, 2.45) is 0 Å². The number of pyridine rings is 1. The number of hydrogen-bond acceptors (Lipinski definition) is 5. The van der Waals surface area contributed by atoms with Crippen molar-refractivity contribution in [1.29, 1.82) is 0 Å². The molecule has 4 aromatic rings. The summed E-state index contributed by atoms with van der Waals surface area (Å²) in [7, 11) is 3.48. The van der Waals surface area contributed by atoms with E-state index in [4.69, 9.17) is 5.73 Å². The van der Waals surface area contributed by atoms with Gasteiger partial charge in [-0.3, -0.25) is 4.79 Å². The van der Waals surface area contributed by atoms with E-state index in [0.29, 0.717) is 11.4 Å². The highest BCUT2D eigenvalue weighted by atomic mass is 32.1. The Balaban J connectivity index is 1.73. The quantitative estimate of drug-likeness (QED) is 0.580. The molecule has 2 heterocycles. The molecule has 134 valence electrons. The van der Waals surface area contributed by atoms with Gasteiger partial charge >= 0.3 is 0 Å². The van der Waals surface area contributed by atoms with Crippen LogP contribution in [0.4, 0.5) is 5.82 Å². The van der Waals surface area contributed by atoms with Crippen molar-refractivity contribution in [2.45, 2.75) is 0 Å². The maximum Gasteiger partial charge on any atom is 0.253 e. The number of nitrogens with two attached hydrogens (primary N) is 1. The molecule has 0 aliphatic rings. The Bertz CT molecular complexity index is 1100.